The maximum Gasteiger partial charge on any atom is 0.252 e. The predicted octanol–water partition coefficient (Wildman–Crippen LogP) is 0.244. The first-order valence-electron chi connectivity index (χ1n) is 2.14. The quantitative estimate of drug-likeness (QED) is 0.354. The van der Waals surface area contributed by atoms with Gasteiger partial charge in [0.05, 0.1) is 5.88 Å². The molecule has 0 aromatic carbocycles. The fraction of sp³-hybridized carbons (Fsp3) is 0.500. The van der Waals surface area contributed by atoms with E-state index >= 15 is 0 Å². The first-order chi connectivity index (χ1) is 4.31. The second kappa shape index (κ2) is 5.38. The summed E-state index contributed by atoms with van der Waals surface area (Å²) in [4.78, 5) is 10.1. The van der Waals surface area contributed by atoms with Gasteiger partial charge in [0, 0.05) is 0 Å². The number of amides is 1. The number of carbonyl (C=O) groups excluding carboxylic acids is 1. The summed E-state index contributed by atoms with van der Waals surface area (Å²) in [6.45, 7) is -1.02. The Hall–Kier alpha value is -0.760. The summed E-state index contributed by atoms with van der Waals surface area (Å²) in [6, 6.07) is 0. The second-order valence-corrected chi connectivity index (χ2v) is 1.87. The van der Waals surface area contributed by atoms with E-state index in [4.69, 9.17) is 5.26 Å². The lowest BCUT2D eigenvalue weighted by Gasteiger charge is -1.93. The molecule has 0 aromatic heterocycles. The molecule has 1 amide bonds. The molecule has 0 aliphatic rings. The standard InChI is InChI=1S/C4H5FN2OS/c5-1-4(8)7-3-9-2-6/h1,3H2,(H,7,8). The molecule has 0 aliphatic carbocycles. The van der Waals surface area contributed by atoms with Crippen LogP contribution in [-0.4, -0.2) is 18.5 Å². The zero-order chi connectivity index (χ0) is 7.11. The van der Waals surface area contributed by atoms with Crippen molar-refractivity contribution >= 4 is 17.7 Å². The molecule has 0 radical (unpaired) electrons. The summed E-state index contributed by atoms with van der Waals surface area (Å²) in [6.07, 6.45) is 0. The Bertz CT molecular complexity index is 133. The lowest BCUT2D eigenvalue weighted by atomic mass is 10.7. The molecular formula is C4H5FN2OS. The van der Waals surface area contributed by atoms with E-state index in [1.54, 1.807) is 5.40 Å². The Balaban J connectivity index is 3.09. The molecule has 50 valence electrons. The number of hydrogen-bond acceptors (Lipinski definition) is 3. The van der Waals surface area contributed by atoms with Crippen LogP contribution in [0.5, 0.6) is 0 Å². The van der Waals surface area contributed by atoms with Crippen LogP contribution in [-0.2, 0) is 4.79 Å². The number of alkyl halides is 1. The van der Waals surface area contributed by atoms with Gasteiger partial charge >= 0.3 is 0 Å². The van der Waals surface area contributed by atoms with Crippen LogP contribution < -0.4 is 5.32 Å². The van der Waals surface area contributed by atoms with Crippen molar-refractivity contribution in [2.75, 3.05) is 12.6 Å². The average Bonchev–Trinajstić information content (AvgIpc) is 1.89. The van der Waals surface area contributed by atoms with Crippen molar-refractivity contribution in [3.05, 3.63) is 0 Å². The van der Waals surface area contributed by atoms with Gasteiger partial charge in [-0.1, -0.05) is 0 Å². The smallest absolute Gasteiger partial charge is 0.252 e. The SMILES string of the molecule is N#CSCNC(=O)CF. The Morgan fingerprint density at radius 1 is 1.89 bits per heavy atom. The topological polar surface area (TPSA) is 52.9 Å². The number of hydrogen-bond donors (Lipinski definition) is 1. The summed E-state index contributed by atoms with van der Waals surface area (Å²) >= 11 is 0.859. The van der Waals surface area contributed by atoms with Gasteiger partial charge in [-0.15, -0.1) is 0 Å². The van der Waals surface area contributed by atoms with E-state index in [1.165, 1.54) is 0 Å². The van der Waals surface area contributed by atoms with Crippen molar-refractivity contribution in [2.45, 2.75) is 0 Å². The summed E-state index contributed by atoms with van der Waals surface area (Å²) < 4.78 is 11.3. The summed E-state index contributed by atoms with van der Waals surface area (Å²) in [7, 11) is 0. The fourth-order valence-electron chi connectivity index (χ4n) is 0.196. The van der Waals surface area contributed by atoms with Gasteiger partial charge in [0.25, 0.3) is 5.91 Å². The number of thiocyanates is 1. The minimum atomic E-state index is -1.02. The first kappa shape index (κ1) is 8.24. The highest BCUT2D eigenvalue weighted by Crippen LogP contribution is 1.89. The molecule has 0 spiro atoms. The van der Waals surface area contributed by atoms with Crippen LogP contribution in [0.15, 0.2) is 0 Å². The predicted molar refractivity (Wildman–Crippen MR) is 32.2 cm³/mol. The molecular weight excluding hydrogens is 143 g/mol. The van der Waals surface area contributed by atoms with Gasteiger partial charge < -0.3 is 5.32 Å². The summed E-state index contributed by atoms with van der Waals surface area (Å²) in [5.41, 5.74) is 0. The normalized spacial score (nSPS) is 8.00. The van der Waals surface area contributed by atoms with Crippen LogP contribution in [0.4, 0.5) is 4.39 Å². The Labute approximate surface area is 56.2 Å². The molecule has 3 nitrogen and oxygen atoms in total. The van der Waals surface area contributed by atoms with Crippen molar-refractivity contribution in [3.8, 4) is 5.40 Å². The zero-order valence-corrected chi connectivity index (χ0v) is 5.37. The van der Waals surface area contributed by atoms with Crippen LogP contribution in [0.3, 0.4) is 0 Å². The van der Waals surface area contributed by atoms with E-state index < -0.39 is 12.6 Å². The van der Waals surface area contributed by atoms with Crippen molar-refractivity contribution in [3.63, 3.8) is 0 Å². The van der Waals surface area contributed by atoms with Crippen molar-refractivity contribution < 1.29 is 9.18 Å². The Morgan fingerprint density at radius 3 is 3.00 bits per heavy atom. The number of nitrogens with one attached hydrogen (secondary N) is 1. The maximum atomic E-state index is 11.3. The average molecular weight is 148 g/mol. The minimum Gasteiger partial charge on any atom is -0.344 e. The molecule has 0 saturated carbocycles. The number of thioether (sulfide) groups is 1. The molecule has 0 aliphatic heterocycles. The molecule has 0 saturated heterocycles. The van der Waals surface area contributed by atoms with E-state index in [-0.39, 0.29) is 5.88 Å². The van der Waals surface area contributed by atoms with Gasteiger partial charge in [-0.3, -0.25) is 4.79 Å². The summed E-state index contributed by atoms with van der Waals surface area (Å²) in [5.74, 6) is -0.531. The molecule has 0 atom stereocenters. The molecule has 0 rings (SSSR count). The lowest BCUT2D eigenvalue weighted by Crippen LogP contribution is -2.23. The largest absolute Gasteiger partial charge is 0.344 e. The monoisotopic (exact) mass is 148 g/mol. The highest BCUT2D eigenvalue weighted by Gasteiger charge is 1.95. The van der Waals surface area contributed by atoms with E-state index in [0.29, 0.717) is 0 Å². The van der Waals surface area contributed by atoms with Gasteiger partial charge in [-0.2, -0.15) is 5.26 Å². The van der Waals surface area contributed by atoms with E-state index in [1.807, 2.05) is 0 Å². The zero-order valence-electron chi connectivity index (χ0n) is 4.56. The van der Waals surface area contributed by atoms with Crippen LogP contribution in [0.25, 0.3) is 0 Å². The van der Waals surface area contributed by atoms with Gasteiger partial charge in [0.1, 0.15) is 5.40 Å². The van der Waals surface area contributed by atoms with E-state index in [9.17, 15) is 9.18 Å². The van der Waals surface area contributed by atoms with Crippen molar-refractivity contribution in [2.24, 2.45) is 0 Å². The summed E-state index contributed by atoms with van der Waals surface area (Å²) in [5, 5.41) is 11.8. The third-order valence-corrected chi connectivity index (χ3v) is 0.945. The highest BCUT2D eigenvalue weighted by atomic mass is 32.2. The lowest BCUT2D eigenvalue weighted by molar-refractivity contribution is -0.121. The van der Waals surface area contributed by atoms with Gasteiger partial charge in [0.2, 0.25) is 0 Å². The van der Waals surface area contributed by atoms with Crippen LogP contribution in [0.1, 0.15) is 0 Å². The molecule has 5 heteroatoms. The van der Waals surface area contributed by atoms with Crippen LogP contribution in [0, 0.1) is 10.7 Å². The van der Waals surface area contributed by atoms with Gasteiger partial charge in [-0.05, 0) is 11.8 Å². The highest BCUT2D eigenvalue weighted by molar-refractivity contribution is 8.03. The molecule has 1 N–H and O–H groups in total. The van der Waals surface area contributed by atoms with E-state index in [0.717, 1.165) is 11.8 Å². The molecule has 0 aromatic rings. The third-order valence-electron chi connectivity index (χ3n) is 0.527. The van der Waals surface area contributed by atoms with E-state index in [2.05, 4.69) is 5.32 Å². The second-order valence-electron chi connectivity index (χ2n) is 1.11. The molecule has 0 fully saturated rings. The number of halogens is 1. The van der Waals surface area contributed by atoms with Crippen molar-refractivity contribution in [1.82, 2.24) is 5.32 Å². The molecule has 9 heavy (non-hydrogen) atoms. The maximum absolute atomic E-state index is 11.3. The number of nitriles is 1. The Morgan fingerprint density at radius 2 is 2.56 bits per heavy atom. The molecule has 0 heterocycles. The van der Waals surface area contributed by atoms with Crippen LogP contribution in [0.2, 0.25) is 0 Å². The number of rotatable bonds is 3. The first-order valence-corrected chi connectivity index (χ1v) is 3.13. The fourth-order valence-corrected chi connectivity index (χ4v) is 0.494. The third kappa shape index (κ3) is 5.11. The number of nitrogens with zero attached hydrogens (tertiary/aromatic N) is 1. The Kier molecular flexibility index (Phi) is 4.92. The number of carbonyl (C=O) groups is 1. The van der Waals surface area contributed by atoms with Gasteiger partial charge in [-0.25, -0.2) is 4.39 Å². The molecule has 0 unspecified atom stereocenters. The molecule has 0 bridgehead atoms. The minimum absolute atomic E-state index is 0.152. The van der Waals surface area contributed by atoms with Crippen LogP contribution >= 0.6 is 11.8 Å². The van der Waals surface area contributed by atoms with Gasteiger partial charge in [0.15, 0.2) is 6.67 Å². The van der Waals surface area contributed by atoms with Crippen molar-refractivity contribution in [1.29, 1.82) is 5.26 Å².